The van der Waals surface area contributed by atoms with Gasteiger partial charge < -0.3 is 15.0 Å². The van der Waals surface area contributed by atoms with Crippen LogP contribution in [0.4, 0.5) is 5.69 Å². The van der Waals surface area contributed by atoms with Crippen molar-refractivity contribution in [1.29, 1.82) is 0 Å². The highest BCUT2D eigenvalue weighted by molar-refractivity contribution is 6.11. The Hall–Kier alpha value is -2.38. The predicted molar refractivity (Wildman–Crippen MR) is 118 cm³/mol. The van der Waals surface area contributed by atoms with Crippen LogP contribution in [0.5, 0.6) is 0 Å². The van der Waals surface area contributed by atoms with E-state index in [4.69, 9.17) is 4.74 Å². The van der Waals surface area contributed by atoms with Gasteiger partial charge in [0.2, 0.25) is 5.91 Å². The number of carbonyl (C=O) groups excluding carboxylic acids is 2. The Morgan fingerprint density at radius 2 is 1.80 bits per heavy atom. The van der Waals surface area contributed by atoms with E-state index in [1.54, 1.807) is 0 Å². The molecule has 1 atom stereocenters. The maximum Gasteiger partial charge on any atom is 0.356 e. The van der Waals surface area contributed by atoms with Gasteiger partial charge in [0.05, 0.1) is 18.8 Å². The minimum Gasteiger partial charge on any atom is -0.464 e. The zero-order chi connectivity index (χ0) is 21.1. The molecule has 2 aromatic rings. The number of amides is 1. The van der Waals surface area contributed by atoms with Crippen molar-refractivity contribution >= 4 is 28.5 Å². The van der Waals surface area contributed by atoms with Crippen molar-refractivity contribution in [3.05, 3.63) is 30.0 Å². The standard InChI is InChI=1S/C23H32N4O3/c1-16(26-12-14-27(15-13-26)17-8-4-3-5-9-17)22(28)25-20-18-10-6-7-11-19(18)24-21(20)23(29)30-2/h6-7,10-11,16-17,24H,3-5,8-9,12-15H2,1-2H3,(H,25,28)/t16-/m1/s1. The second-order valence-corrected chi connectivity index (χ2v) is 8.44. The van der Waals surface area contributed by atoms with Crippen LogP contribution in [0.2, 0.25) is 0 Å². The maximum atomic E-state index is 13.1. The molecule has 1 amide bonds. The monoisotopic (exact) mass is 412 g/mol. The SMILES string of the molecule is COC(=O)c1[nH]c2ccccc2c1NC(=O)[C@@H](C)N1CCN(C2CCCCC2)CC1. The lowest BCUT2D eigenvalue weighted by molar-refractivity contribution is -0.121. The molecule has 0 unspecified atom stereocenters. The molecule has 2 heterocycles. The molecule has 1 saturated carbocycles. The molecular formula is C23H32N4O3. The van der Waals surface area contributed by atoms with Crippen LogP contribution in [0.3, 0.4) is 0 Å². The number of nitrogens with zero attached hydrogens (tertiary/aromatic N) is 2. The van der Waals surface area contributed by atoms with Crippen molar-refractivity contribution < 1.29 is 14.3 Å². The van der Waals surface area contributed by atoms with Gasteiger partial charge in [-0.1, -0.05) is 37.5 Å². The van der Waals surface area contributed by atoms with Crippen molar-refractivity contribution in [3.8, 4) is 0 Å². The van der Waals surface area contributed by atoms with E-state index in [2.05, 4.69) is 20.1 Å². The van der Waals surface area contributed by atoms with Gasteiger partial charge in [0.25, 0.3) is 0 Å². The number of methoxy groups -OCH3 is 1. The minimum atomic E-state index is -0.491. The highest BCUT2D eigenvalue weighted by Gasteiger charge is 2.30. The van der Waals surface area contributed by atoms with E-state index in [-0.39, 0.29) is 17.6 Å². The number of anilines is 1. The van der Waals surface area contributed by atoms with Crippen molar-refractivity contribution in [3.63, 3.8) is 0 Å². The van der Waals surface area contributed by atoms with Crippen molar-refractivity contribution in [2.75, 3.05) is 38.6 Å². The van der Waals surface area contributed by atoms with E-state index in [1.807, 2.05) is 31.2 Å². The number of hydrogen-bond donors (Lipinski definition) is 2. The number of para-hydroxylation sites is 1. The molecule has 2 N–H and O–H groups in total. The predicted octanol–water partition coefficient (Wildman–Crippen LogP) is 3.23. The van der Waals surface area contributed by atoms with Crippen LogP contribution in [0.15, 0.2) is 24.3 Å². The number of fused-ring (bicyclic) bond motifs is 1. The smallest absolute Gasteiger partial charge is 0.356 e. The molecule has 0 bridgehead atoms. The quantitative estimate of drug-likeness (QED) is 0.738. The number of rotatable bonds is 5. The van der Waals surface area contributed by atoms with Crippen LogP contribution in [-0.2, 0) is 9.53 Å². The van der Waals surface area contributed by atoms with Crippen LogP contribution in [-0.4, -0.2) is 72.0 Å². The first kappa shape index (κ1) is 20.9. The Morgan fingerprint density at radius 1 is 1.10 bits per heavy atom. The van der Waals surface area contributed by atoms with E-state index in [1.165, 1.54) is 39.2 Å². The summed E-state index contributed by atoms with van der Waals surface area (Å²) in [5.41, 5.74) is 1.57. The zero-order valence-electron chi connectivity index (χ0n) is 17.9. The number of ether oxygens (including phenoxy) is 1. The molecule has 1 aliphatic carbocycles. The number of H-pyrrole nitrogens is 1. The van der Waals surface area contributed by atoms with Gasteiger partial charge in [-0.05, 0) is 25.8 Å². The molecule has 7 nitrogen and oxygen atoms in total. The third-order valence-corrected chi connectivity index (χ3v) is 6.71. The molecule has 1 aromatic carbocycles. The summed E-state index contributed by atoms with van der Waals surface area (Å²) < 4.78 is 4.90. The summed E-state index contributed by atoms with van der Waals surface area (Å²) in [5, 5.41) is 3.80. The summed E-state index contributed by atoms with van der Waals surface area (Å²) in [7, 11) is 1.34. The van der Waals surface area contributed by atoms with E-state index >= 15 is 0 Å². The Bertz CT molecular complexity index is 895. The number of hydrogen-bond acceptors (Lipinski definition) is 5. The Morgan fingerprint density at radius 3 is 2.50 bits per heavy atom. The van der Waals surface area contributed by atoms with Crippen molar-refractivity contribution in [2.24, 2.45) is 0 Å². The average molecular weight is 413 g/mol. The summed E-state index contributed by atoms with van der Waals surface area (Å²) in [5.74, 6) is -0.591. The van der Waals surface area contributed by atoms with Crippen LogP contribution in [0.25, 0.3) is 10.9 Å². The van der Waals surface area contributed by atoms with Gasteiger partial charge in [0.15, 0.2) is 0 Å². The number of carbonyl (C=O) groups is 2. The molecule has 1 aliphatic heterocycles. The van der Waals surface area contributed by atoms with Gasteiger partial charge in [-0.15, -0.1) is 0 Å². The molecule has 30 heavy (non-hydrogen) atoms. The number of aromatic amines is 1. The third kappa shape index (κ3) is 4.23. The lowest BCUT2D eigenvalue weighted by Crippen LogP contribution is -2.55. The second kappa shape index (κ2) is 9.18. The summed E-state index contributed by atoms with van der Waals surface area (Å²) in [6, 6.07) is 8.00. The maximum absolute atomic E-state index is 13.1. The van der Waals surface area contributed by atoms with E-state index in [0.717, 1.165) is 43.1 Å². The van der Waals surface area contributed by atoms with Crippen LogP contribution in [0.1, 0.15) is 49.5 Å². The third-order valence-electron chi connectivity index (χ3n) is 6.71. The van der Waals surface area contributed by atoms with Gasteiger partial charge in [-0.25, -0.2) is 4.79 Å². The Labute approximate surface area is 177 Å². The molecule has 0 radical (unpaired) electrons. The fourth-order valence-corrected chi connectivity index (χ4v) is 4.86. The molecule has 2 aliphatic rings. The Balaban J connectivity index is 1.42. The zero-order valence-corrected chi connectivity index (χ0v) is 17.9. The normalized spacial score (nSPS) is 20.2. The van der Waals surface area contributed by atoms with Gasteiger partial charge >= 0.3 is 5.97 Å². The highest BCUT2D eigenvalue weighted by atomic mass is 16.5. The van der Waals surface area contributed by atoms with Crippen molar-refractivity contribution in [2.45, 2.75) is 51.1 Å². The largest absolute Gasteiger partial charge is 0.464 e. The van der Waals surface area contributed by atoms with E-state index < -0.39 is 5.97 Å². The highest BCUT2D eigenvalue weighted by Crippen LogP contribution is 2.29. The lowest BCUT2D eigenvalue weighted by atomic mass is 9.94. The Kier molecular flexibility index (Phi) is 6.39. The summed E-state index contributed by atoms with van der Waals surface area (Å²) in [6.07, 6.45) is 6.68. The fraction of sp³-hybridized carbons (Fsp3) is 0.565. The van der Waals surface area contributed by atoms with Gasteiger partial charge in [0, 0.05) is 43.1 Å². The average Bonchev–Trinajstić information content (AvgIpc) is 3.17. The number of aromatic nitrogens is 1. The number of piperazine rings is 1. The van der Waals surface area contributed by atoms with Gasteiger partial charge in [0.1, 0.15) is 5.69 Å². The molecule has 1 saturated heterocycles. The fourth-order valence-electron chi connectivity index (χ4n) is 4.86. The number of benzene rings is 1. The molecule has 162 valence electrons. The summed E-state index contributed by atoms with van der Waals surface area (Å²) in [4.78, 5) is 33.2. The number of nitrogens with one attached hydrogen (secondary N) is 2. The van der Waals surface area contributed by atoms with Gasteiger partial charge in [-0.3, -0.25) is 14.6 Å². The first-order valence-electron chi connectivity index (χ1n) is 11.1. The number of esters is 1. The summed E-state index contributed by atoms with van der Waals surface area (Å²) >= 11 is 0. The molecule has 0 spiro atoms. The van der Waals surface area contributed by atoms with Crippen LogP contribution >= 0.6 is 0 Å². The van der Waals surface area contributed by atoms with E-state index in [9.17, 15) is 9.59 Å². The first-order chi connectivity index (χ1) is 14.6. The van der Waals surface area contributed by atoms with Crippen LogP contribution in [0, 0.1) is 0 Å². The second-order valence-electron chi connectivity index (χ2n) is 8.44. The molecular weight excluding hydrogens is 380 g/mol. The summed E-state index contributed by atoms with van der Waals surface area (Å²) in [6.45, 7) is 5.76. The topological polar surface area (TPSA) is 77.7 Å². The van der Waals surface area contributed by atoms with Crippen molar-refractivity contribution in [1.82, 2.24) is 14.8 Å². The molecule has 1 aromatic heterocycles. The first-order valence-corrected chi connectivity index (χ1v) is 11.1. The molecule has 7 heteroatoms. The van der Waals surface area contributed by atoms with Gasteiger partial charge in [-0.2, -0.15) is 0 Å². The molecule has 2 fully saturated rings. The molecule has 4 rings (SSSR count). The minimum absolute atomic E-state index is 0.101. The van der Waals surface area contributed by atoms with E-state index in [0.29, 0.717) is 5.69 Å². The van der Waals surface area contributed by atoms with Crippen LogP contribution < -0.4 is 5.32 Å². The lowest BCUT2D eigenvalue weighted by Gasteiger charge is -2.42.